The van der Waals surface area contributed by atoms with Crippen molar-refractivity contribution in [1.82, 2.24) is 4.98 Å². The van der Waals surface area contributed by atoms with Gasteiger partial charge in [0, 0.05) is 17.3 Å². The highest BCUT2D eigenvalue weighted by atomic mass is 32.1. The van der Waals surface area contributed by atoms with Gasteiger partial charge in [0.2, 0.25) is 0 Å². The smallest absolute Gasteiger partial charge is 0.0954 e. The normalized spacial score (nSPS) is 25.3. The van der Waals surface area contributed by atoms with Gasteiger partial charge in [-0.2, -0.15) is 0 Å². The number of thiazole rings is 1. The number of rotatable bonds is 4. The number of nitrogens with two attached hydrogens (primary N) is 1. The molecule has 0 aliphatic heterocycles. The largest absolute Gasteiger partial charge is 0.370 e. The fraction of sp³-hybridized carbons (Fsp3) is 0.786. The molecule has 1 heterocycles. The lowest BCUT2D eigenvalue weighted by Gasteiger charge is -2.21. The molecule has 2 atom stereocenters. The maximum atomic E-state index is 6.15. The molecule has 102 valence electrons. The van der Waals surface area contributed by atoms with Gasteiger partial charge in [0.05, 0.1) is 23.4 Å². The third-order valence-corrected chi connectivity index (χ3v) is 4.71. The molecule has 1 aromatic heterocycles. The van der Waals surface area contributed by atoms with Crippen molar-refractivity contribution in [1.29, 1.82) is 0 Å². The first kappa shape index (κ1) is 14.0. The predicted molar refractivity (Wildman–Crippen MR) is 75.8 cm³/mol. The van der Waals surface area contributed by atoms with Gasteiger partial charge in [0.1, 0.15) is 0 Å². The Bertz CT molecular complexity index is 364. The molecule has 0 bridgehead atoms. The van der Waals surface area contributed by atoms with Crippen molar-refractivity contribution in [3.05, 3.63) is 16.1 Å². The van der Waals surface area contributed by atoms with Crippen LogP contribution in [0.2, 0.25) is 0 Å². The van der Waals surface area contributed by atoms with E-state index in [0.29, 0.717) is 12.5 Å². The van der Waals surface area contributed by atoms with Crippen LogP contribution < -0.4 is 5.73 Å². The van der Waals surface area contributed by atoms with E-state index in [1.165, 1.54) is 24.3 Å². The van der Waals surface area contributed by atoms with E-state index in [4.69, 9.17) is 10.5 Å². The molecular formula is C14H24N2OS. The topological polar surface area (TPSA) is 48.1 Å². The Hall–Kier alpha value is -0.450. The van der Waals surface area contributed by atoms with Gasteiger partial charge in [0.25, 0.3) is 0 Å². The van der Waals surface area contributed by atoms with Crippen molar-refractivity contribution in [2.45, 2.75) is 70.6 Å². The summed E-state index contributed by atoms with van der Waals surface area (Å²) in [6.45, 7) is 4.96. The Labute approximate surface area is 114 Å². The maximum absolute atomic E-state index is 6.15. The molecule has 1 saturated carbocycles. The molecule has 2 unspecified atom stereocenters. The van der Waals surface area contributed by atoms with Crippen LogP contribution in [0, 0.1) is 0 Å². The average molecular weight is 268 g/mol. The fourth-order valence-electron chi connectivity index (χ4n) is 2.36. The Morgan fingerprint density at radius 3 is 2.89 bits per heavy atom. The molecule has 2 rings (SSSR count). The van der Waals surface area contributed by atoms with Crippen molar-refractivity contribution in [3.63, 3.8) is 0 Å². The monoisotopic (exact) mass is 268 g/mol. The molecule has 18 heavy (non-hydrogen) atoms. The van der Waals surface area contributed by atoms with Gasteiger partial charge in [-0.15, -0.1) is 11.3 Å². The van der Waals surface area contributed by atoms with Crippen LogP contribution in [0.15, 0.2) is 5.38 Å². The van der Waals surface area contributed by atoms with E-state index in [0.717, 1.165) is 18.5 Å². The fourth-order valence-corrected chi connectivity index (χ4v) is 3.18. The molecule has 1 fully saturated rings. The maximum Gasteiger partial charge on any atom is 0.0954 e. The summed E-state index contributed by atoms with van der Waals surface area (Å²) in [5.41, 5.74) is 7.21. The van der Waals surface area contributed by atoms with Crippen LogP contribution in [0.4, 0.5) is 0 Å². The highest BCUT2D eigenvalue weighted by Crippen LogP contribution is 2.22. The van der Waals surface area contributed by atoms with Gasteiger partial charge in [-0.05, 0) is 12.8 Å². The van der Waals surface area contributed by atoms with E-state index < -0.39 is 0 Å². The first-order chi connectivity index (χ1) is 8.66. The highest BCUT2D eigenvalue weighted by molar-refractivity contribution is 7.09. The van der Waals surface area contributed by atoms with Crippen LogP contribution in [-0.2, 0) is 11.3 Å². The summed E-state index contributed by atoms with van der Waals surface area (Å²) in [7, 11) is 0. The molecule has 1 aliphatic rings. The second kappa shape index (κ2) is 6.64. The third kappa shape index (κ3) is 3.77. The quantitative estimate of drug-likeness (QED) is 0.851. The van der Waals surface area contributed by atoms with Crippen molar-refractivity contribution < 1.29 is 4.74 Å². The minimum atomic E-state index is 0.204. The molecular weight excluding hydrogens is 244 g/mol. The number of nitrogens with zero attached hydrogens (tertiary/aromatic N) is 1. The highest BCUT2D eigenvalue weighted by Gasteiger charge is 2.21. The predicted octanol–water partition coefficient (Wildman–Crippen LogP) is 3.44. The number of aromatic nitrogens is 1. The Morgan fingerprint density at radius 1 is 1.39 bits per heavy atom. The summed E-state index contributed by atoms with van der Waals surface area (Å²) in [5.74, 6) is 0.504. The molecule has 1 aliphatic carbocycles. The molecule has 0 aromatic carbocycles. The zero-order valence-corrected chi connectivity index (χ0v) is 12.2. The lowest BCUT2D eigenvalue weighted by Crippen LogP contribution is -2.35. The van der Waals surface area contributed by atoms with Crippen molar-refractivity contribution in [2.24, 2.45) is 5.73 Å². The van der Waals surface area contributed by atoms with Crippen LogP contribution in [0.5, 0.6) is 0 Å². The molecule has 1 aromatic rings. The Morgan fingerprint density at radius 2 is 2.17 bits per heavy atom. The first-order valence-electron chi connectivity index (χ1n) is 6.98. The summed E-state index contributed by atoms with van der Waals surface area (Å²) in [6, 6.07) is 0.204. The second-order valence-corrected chi connectivity index (χ2v) is 6.37. The number of hydrogen-bond donors (Lipinski definition) is 1. The molecule has 0 radical (unpaired) electrons. The van der Waals surface area contributed by atoms with Crippen LogP contribution in [0.3, 0.4) is 0 Å². The summed E-state index contributed by atoms with van der Waals surface area (Å²) in [5, 5.41) is 3.30. The van der Waals surface area contributed by atoms with Crippen molar-refractivity contribution >= 4 is 11.3 Å². The lowest BCUT2D eigenvalue weighted by molar-refractivity contribution is 0.0180. The third-order valence-electron chi connectivity index (χ3n) is 3.51. The molecule has 3 nitrogen and oxygen atoms in total. The number of hydrogen-bond acceptors (Lipinski definition) is 4. The molecule has 2 N–H and O–H groups in total. The number of ether oxygens (including phenoxy) is 1. The van der Waals surface area contributed by atoms with Gasteiger partial charge in [-0.3, -0.25) is 0 Å². The molecule has 0 saturated heterocycles. The van der Waals surface area contributed by atoms with E-state index in [1.54, 1.807) is 11.3 Å². The van der Waals surface area contributed by atoms with E-state index in [9.17, 15) is 0 Å². The lowest BCUT2D eigenvalue weighted by atomic mass is 10.1. The van der Waals surface area contributed by atoms with Crippen molar-refractivity contribution in [3.8, 4) is 0 Å². The summed E-state index contributed by atoms with van der Waals surface area (Å²) in [4.78, 5) is 4.60. The molecule has 0 amide bonds. The minimum absolute atomic E-state index is 0.204. The Kier molecular flexibility index (Phi) is 5.15. The summed E-state index contributed by atoms with van der Waals surface area (Å²) < 4.78 is 5.97. The van der Waals surface area contributed by atoms with Gasteiger partial charge >= 0.3 is 0 Å². The van der Waals surface area contributed by atoms with E-state index in [2.05, 4.69) is 24.2 Å². The SMILES string of the molecule is CC(C)c1nc(COC2CCCCCC2N)cs1. The van der Waals surface area contributed by atoms with E-state index in [-0.39, 0.29) is 12.1 Å². The second-order valence-electron chi connectivity index (χ2n) is 5.48. The van der Waals surface area contributed by atoms with E-state index in [1.807, 2.05) is 0 Å². The van der Waals surface area contributed by atoms with Crippen LogP contribution in [0.25, 0.3) is 0 Å². The standard InChI is InChI=1S/C14H24N2OS/c1-10(2)14-16-11(9-18-14)8-17-13-7-5-3-4-6-12(13)15/h9-10,12-13H,3-8,15H2,1-2H3. The molecule has 0 spiro atoms. The van der Waals surface area contributed by atoms with Gasteiger partial charge in [-0.1, -0.05) is 33.1 Å². The van der Waals surface area contributed by atoms with Gasteiger partial charge in [-0.25, -0.2) is 4.98 Å². The summed E-state index contributed by atoms with van der Waals surface area (Å²) in [6.07, 6.45) is 6.20. The van der Waals surface area contributed by atoms with E-state index >= 15 is 0 Å². The first-order valence-corrected chi connectivity index (χ1v) is 7.86. The zero-order valence-electron chi connectivity index (χ0n) is 11.4. The average Bonchev–Trinajstić information content (AvgIpc) is 2.72. The molecule has 4 heteroatoms. The Balaban J connectivity index is 1.85. The van der Waals surface area contributed by atoms with Crippen LogP contribution >= 0.6 is 11.3 Å². The summed E-state index contributed by atoms with van der Waals surface area (Å²) >= 11 is 1.73. The minimum Gasteiger partial charge on any atom is -0.370 e. The van der Waals surface area contributed by atoms with Crippen molar-refractivity contribution in [2.75, 3.05) is 0 Å². The van der Waals surface area contributed by atoms with Crippen LogP contribution in [0.1, 0.15) is 62.6 Å². The zero-order chi connectivity index (χ0) is 13.0. The van der Waals surface area contributed by atoms with Gasteiger partial charge in [0.15, 0.2) is 0 Å². The van der Waals surface area contributed by atoms with Crippen LogP contribution in [-0.4, -0.2) is 17.1 Å². The van der Waals surface area contributed by atoms with Gasteiger partial charge < -0.3 is 10.5 Å².